The molecule has 2 nitrogen and oxygen atoms in total. The van der Waals surface area contributed by atoms with Crippen molar-refractivity contribution < 1.29 is 0 Å². The molecule has 4 heterocycles. The summed E-state index contributed by atoms with van der Waals surface area (Å²) in [5, 5.41) is 29.2. The summed E-state index contributed by atoms with van der Waals surface area (Å²) in [6.07, 6.45) is 0. The first kappa shape index (κ1) is 32.5. The van der Waals surface area contributed by atoms with E-state index in [1.807, 2.05) is 0 Å². The van der Waals surface area contributed by atoms with E-state index in [4.69, 9.17) is 0 Å². The van der Waals surface area contributed by atoms with Gasteiger partial charge in [0.25, 0.3) is 0 Å². The van der Waals surface area contributed by atoms with Crippen molar-refractivity contribution in [3.63, 3.8) is 0 Å². The Kier molecular flexibility index (Phi) is 5.41. The van der Waals surface area contributed by atoms with Crippen molar-refractivity contribution in [1.82, 2.24) is 9.13 Å². The van der Waals surface area contributed by atoms with Gasteiger partial charge in [-0.2, -0.15) is 10.9 Å². The largest absolute Gasteiger partial charge is 0.307 e. The number of thiol groups is 1. The molecule has 0 saturated carbocycles. The molecule has 0 bridgehead atoms. The van der Waals surface area contributed by atoms with Crippen molar-refractivity contribution in [1.29, 1.82) is 0 Å². The molecule has 0 spiro atoms. The number of benzene rings is 14. The van der Waals surface area contributed by atoms with E-state index in [0.717, 1.165) is 0 Å². The third-order valence-corrected chi connectivity index (χ3v) is 18.4. The van der Waals surface area contributed by atoms with Crippen LogP contribution in [0.2, 0.25) is 0 Å². The van der Waals surface area contributed by atoms with Gasteiger partial charge in [-0.05, 0) is 122 Å². The first-order chi connectivity index (χ1) is 32.3. The van der Waals surface area contributed by atoms with Gasteiger partial charge >= 0.3 is 0 Å². The fourth-order valence-electron chi connectivity index (χ4n) is 13.4. The summed E-state index contributed by atoms with van der Waals surface area (Å²) in [6.45, 7) is 0. The van der Waals surface area contributed by atoms with Gasteiger partial charge in [0.1, 0.15) is 0 Å². The molecule has 2 aromatic heterocycles. The van der Waals surface area contributed by atoms with Crippen LogP contribution in [0.1, 0.15) is 0 Å². The third-order valence-electron chi connectivity index (χ3n) is 15.8. The molecule has 3 heteroatoms. The first-order valence-corrected chi connectivity index (χ1v) is 24.1. The molecule has 1 atom stereocenters. The summed E-state index contributed by atoms with van der Waals surface area (Å²) in [4.78, 5) is 4.35. The second kappa shape index (κ2) is 10.8. The zero-order valence-electron chi connectivity index (χ0n) is 34.7. The Hall–Kier alpha value is -8.11. The molecule has 0 radical (unpaired) electrons. The van der Waals surface area contributed by atoms with E-state index < -0.39 is 10.9 Å². The molecule has 0 N–H and O–H groups in total. The van der Waals surface area contributed by atoms with E-state index in [2.05, 4.69) is 197 Å². The maximum atomic E-state index is 2.73. The van der Waals surface area contributed by atoms with E-state index >= 15 is 0 Å². The van der Waals surface area contributed by atoms with Gasteiger partial charge in [-0.1, -0.05) is 158 Å². The number of rotatable bonds is 0. The standard InChI is InChI=1S/C62H32N2S/c1-4-16-41-37(10-1)30-49-60-57(41)55-44-25-23-34-14-7-12-32-19-21-39(53(44)51(32)34)28-46(55)63(60)48-27-36-9-3-6-18-43(36)59-62(48)65(49)50-31-38-11-2-5-17-42(38)58-56-45-26-24-35-15-8-13-33-20-22-40(54(45)52(33)35)29-47(56)64(59)61(50)58/h1-31,65H. The van der Waals surface area contributed by atoms with Gasteiger partial charge in [0.05, 0.1) is 33.4 Å². The van der Waals surface area contributed by atoms with E-state index in [1.165, 1.54) is 167 Å². The van der Waals surface area contributed by atoms with Crippen LogP contribution in [0.3, 0.4) is 0 Å². The molecule has 2 aliphatic rings. The van der Waals surface area contributed by atoms with Crippen LogP contribution in [0.15, 0.2) is 203 Å². The van der Waals surface area contributed by atoms with Crippen molar-refractivity contribution in [2.45, 2.75) is 14.7 Å². The average molecular weight is 837 g/mol. The van der Waals surface area contributed by atoms with Crippen LogP contribution >= 0.6 is 10.9 Å². The number of nitrogens with zero attached hydrogens (tertiary/aromatic N) is 2. The summed E-state index contributed by atoms with van der Waals surface area (Å²) in [5.74, 6) is 0. The van der Waals surface area contributed by atoms with Gasteiger partial charge in [0.2, 0.25) is 0 Å². The van der Waals surface area contributed by atoms with Crippen LogP contribution in [-0.4, -0.2) is 9.13 Å². The SMILES string of the molecule is c1ccc2c3c4c(cc2c1)-n1c2cc5ccc6cccc7ccc(c5c67)c2c2c5ccccc5cc(c21)[SH]4c1cc2ccccc2c2c4c5ccc6cccc7ccc(cc4n-3c12)c5c76. The Morgan fingerprint density at radius 1 is 0.277 bits per heavy atom. The highest BCUT2D eigenvalue weighted by atomic mass is 32.2. The predicted octanol–water partition coefficient (Wildman–Crippen LogP) is 17.2. The van der Waals surface area contributed by atoms with Gasteiger partial charge in [-0.3, -0.25) is 0 Å². The monoisotopic (exact) mass is 836 g/mol. The predicted molar refractivity (Wildman–Crippen MR) is 279 cm³/mol. The lowest BCUT2D eigenvalue weighted by Gasteiger charge is -2.38. The van der Waals surface area contributed by atoms with Crippen molar-refractivity contribution in [3.8, 4) is 11.4 Å². The summed E-state index contributed by atoms with van der Waals surface area (Å²) >= 11 is 0. The zero-order valence-corrected chi connectivity index (χ0v) is 35.6. The Balaban J connectivity index is 1.13. The molecule has 0 amide bonds. The molecular formula is C62H32N2S. The Morgan fingerprint density at radius 3 is 1.26 bits per heavy atom. The first-order valence-electron chi connectivity index (χ1n) is 22.8. The summed E-state index contributed by atoms with van der Waals surface area (Å²) in [5.41, 5.74) is 7.95. The molecule has 0 fully saturated rings. The van der Waals surface area contributed by atoms with E-state index in [1.54, 1.807) is 0 Å². The van der Waals surface area contributed by atoms with Crippen LogP contribution < -0.4 is 0 Å². The fourth-order valence-corrected chi connectivity index (χ4v) is 16.4. The molecule has 14 aromatic carbocycles. The van der Waals surface area contributed by atoms with Crippen molar-refractivity contribution in [3.05, 3.63) is 188 Å². The van der Waals surface area contributed by atoms with Crippen LogP contribution in [0.5, 0.6) is 0 Å². The fraction of sp³-hybridized carbons (Fsp3) is 0. The quantitative estimate of drug-likeness (QED) is 0.115. The Bertz CT molecular complexity index is 4920. The van der Waals surface area contributed by atoms with E-state index in [0.29, 0.717) is 0 Å². The number of aromatic nitrogens is 2. The van der Waals surface area contributed by atoms with Crippen LogP contribution in [0.4, 0.5) is 0 Å². The highest BCUT2D eigenvalue weighted by molar-refractivity contribution is 8.17. The molecule has 0 saturated heterocycles. The number of hydrogen-bond donors (Lipinski definition) is 1. The van der Waals surface area contributed by atoms with Crippen LogP contribution in [0, 0.1) is 0 Å². The molecular weight excluding hydrogens is 805 g/mol. The minimum atomic E-state index is -1.04. The van der Waals surface area contributed by atoms with Crippen LogP contribution in [-0.2, 0) is 0 Å². The molecule has 16 aromatic rings. The summed E-state index contributed by atoms with van der Waals surface area (Å²) in [6, 6.07) is 72.8. The smallest absolute Gasteiger partial charge is 0.0687 e. The third kappa shape index (κ3) is 3.58. The summed E-state index contributed by atoms with van der Waals surface area (Å²) in [7, 11) is -1.04. The summed E-state index contributed by atoms with van der Waals surface area (Å²) < 4.78 is 5.43. The molecule has 296 valence electrons. The maximum Gasteiger partial charge on any atom is 0.0687 e. The van der Waals surface area contributed by atoms with Gasteiger partial charge in [0.15, 0.2) is 0 Å². The highest BCUT2D eigenvalue weighted by Crippen LogP contribution is 2.68. The number of hydrogen-bond acceptors (Lipinski definition) is 0. The number of fused-ring (bicyclic) bond motifs is 18. The lowest BCUT2D eigenvalue weighted by Crippen LogP contribution is -2.14. The lowest BCUT2D eigenvalue weighted by molar-refractivity contribution is 1.03. The minimum absolute atomic E-state index is 1.04. The Labute approximate surface area is 372 Å². The maximum absolute atomic E-state index is 2.73. The second-order valence-corrected chi connectivity index (χ2v) is 20.8. The van der Waals surface area contributed by atoms with Gasteiger partial charge in [-0.25, -0.2) is 0 Å². The normalized spacial score (nSPS) is 15.2. The minimum Gasteiger partial charge on any atom is -0.307 e. The molecule has 1 unspecified atom stereocenters. The molecule has 2 aliphatic heterocycles. The average Bonchev–Trinajstić information content (AvgIpc) is 3.89. The van der Waals surface area contributed by atoms with Crippen molar-refractivity contribution in [2.75, 3.05) is 0 Å². The van der Waals surface area contributed by atoms with Gasteiger partial charge < -0.3 is 9.13 Å². The van der Waals surface area contributed by atoms with Crippen molar-refractivity contribution >= 4 is 151 Å². The van der Waals surface area contributed by atoms with Crippen molar-refractivity contribution in [2.24, 2.45) is 0 Å². The second-order valence-electron chi connectivity index (χ2n) is 18.8. The zero-order chi connectivity index (χ0) is 41.6. The van der Waals surface area contributed by atoms with E-state index in [9.17, 15) is 0 Å². The molecule has 0 aliphatic carbocycles. The van der Waals surface area contributed by atoms with E-state index in [-0.39, 0.29) is 0 Å². The Morgan fingerprint density at radius 2 is 0.708 bits per heavy atom. The van der Waals surface area contributed by atoms with Crippen LogP contribution in [0.25, 0.3) is 152 Å². The topological polar surface area (TPSA) is 9.86 Å². The lowest BCUT2D eigenvalue weighted by atomic mass is 9.91. The van der Waals surface area contributed by atoms with Gasteiger partial charge in [-0.15, -0.1) is 0 Å². The molecule has 18 rings (SSSR count). The van der Waals surface area contributed by atoms with Gasteiger partial charge in [0, 0.05) is 41.6 Å². The highest BCUT2D eigenvalue weighted by Gasteiger charge is 2.39. The molecule has 65 heavy (non-hydrogen) atoms.